The summed E-state index contributed by atoms with van der Waals surface area (Å²) in [4.78, 5) is 0. The van der Waals surface area contributed by atoms with Crippen LogP contribution in [0.1, 0.15) is 30.9 Å². The number of hydrogen-bond acceptors (Lipinski definition) is 1. The Balaban J connectivity index is 1.85. The molecule has 1 aromatic carbocycles. The van der Waals surface area contributed by atoms with Crippen molar-refractivity contribution < 1.29 is 9.50 Å². The van der Waals surface area contributed by atoms with Gasteiger partial charge < -0.3 is 5.11 Å². The normalized spacial score (nSPS) is 32.4. The van der Waals surface area contributed by atoms with Crippen LogP contribution in [-0.4, -0.2) is 5.11 Å². The average molecular weight is 320 g/mol. The first-order valence-electron chi connectivity index (χ1n) is 5.89. The van der Waals surface area contributed by atoms with Crippen molar-refractivity contribution >= 4 is 27.5 Å². The summed E-state index contributed by atoms with van der Waals surface area (Å²) in [5, 5.41) is 10.3. The molecule has 0 aliphatic heterocycles. The Hall–Kier alpha value is -0.120. The number of aliphatic hydroxyl groups is 1. The molecular formula is C13H13BrClFO. The van der Waals surface area contributed by atoms with Crippen LogP contribution in [-0.2, 0) is 0 Å². The van der Waals surface area contributed by atoms with Crippen molar-refractivity contribution in [3.8, 4) is 0 Å². The topological polar surface area (TPSA) is 20.2 Å². The highest BCUT2D eigenvalue weighted by atomic mass is 79.9. The van der Waals surface area contributed by atoms with Crippen LogP contribution < -0.4 is 0 Å². The average Bonchev–Trinajstić information content (AvgIpc) is 2.93. The van der Waals surface area contributed by atoms with E-state index >= 15 is 0 Å². The van der Waals surface area contributed by atoms with Gasteiger partial charge in [-0.2, -0.15) is 0 Å². The maximum Gasteiger partial charge on any atom is 0.148 e. The summed E-state index contributed by atoms with van der Waals surface area (Å²) in [5.41, 5.74) is 0.338. The number of aliphatic hydroxyl groups excluding tert-OH is 1. The monoisotopic (exact) mass is 318 g/mol. The lowest BCUT2D eigenvalue weighted by molar-refractivity contribution is 0.101. The minimum atomic E-state index is -0.714. The van der Waals surface area contributed by atoms with Gasteiger partial charge in [-0.1, -0.05) is 17.7 Å². The minimum absolute atomic E-state index is 0.0599. The van der Waals surface area contributed by atoms with Gasteiger partial charge in [0.15, 0.2) is 0 Å². The predicted octanol–water partition coefficient (Wildman–Crippen LogP) is 4.32. The molecule has 0 amide bonds. The Morgan fingerprint density at radius 1 is 1.29 bits per heavy atom. The van der Waals surface area contributed by atoms with Crippen molar-refractivity contribution in [2.24, 2.45) is 17.8 Å². The zero-order chi connectivity index (χ0) is 12.2. The molecule has 0 aromatic heterocycles. The van der Waals surface area contributed by atoms with Crippen LogP contribution in [0.3, 0.4) is 0 Å². The lowest BCUT2D eigenvalue weighted by Gasteiger charge is -2.20. The number of halogens is 3. The molecule has 2 saturated carbocycles. The van der Waals surface area contributed by atoms with Gasteiger partial charge in [0.25, 0.3) is 0 Å². The van der Waals surface area contributed by atoms with E-state index in [4.69, 9.17) is 11.6 Å². The smallest absolute Gasteiger partial charge is 0.148 e. The van der Waals surface area contributed by atoms with Crippen molar-refractivity contribution in [2.45, 2.75) is 25.4 Å². The highest BCUT2D eigenvalue weighted by Crippen LogP contribution is 2.57. The van der Waals surface area contributed by atoms with E-state index in [-0.39, 0.29) is 10.9 Å². The zero-order valence-corrected chi connectivity index (χ0v) is 11.5. The van der Waals surface area contributed by atoms with Crippen molar-refractivity contribution in [1.29, 1.82) is 0 Å². The SMILES string of the molecule is OC(c1ccc(Br)c(Cl)c1F)C1CC2CC2C1. The third kappa shape index (κ3) is 2.02. The van der Waals surface area contributed by atoms with Crippen molar-refractivity contribution in [2.75, 3.05) is 0 Å². The second-order valence-corrected chi connectivity index (χ2v) is 6.43. The van der Waals surface area contributed by atoms with E-state index in [0.29, 0.717) is 10.0 Å². The van der Waals surface area contributed by atoms with Gasteiger partial charge in [-0.3, -0.25) is 0 Å². The molecule has 0 heterocycles. The van der Waals surface area contributed by atoms with E-state index in [0.717, 1.165) is 24.7 Å². The van der Waals surface area contributed by atoms with E-state index in [1.807, 2.05) is 0 Å². The van der Waals surface area contributed by atoms with E-state index in [2.05, 4.69) is 15.9 Å². The molecule has 17 heavy (non-hydrogen) atoms. The summed E-state index contributed by atoms with van der Waals surface area (Å²) in [5.74, 6) is 1.27. The summed E-state index contributed by atoms with van der Waals surface area (Å²) >= 11 is 9.01. The molecule has 1 nitrogen and oxygen atoms in total. The number of fused-ring (bicyclic) bond motifs is 1. The van der Waals surface area contributed by atoms with Crippen molar-refractivity contribution in [3.05, 3.63) is 33.0 Å². The van der Waals surface area contributed by atoms with Crippen LogP contribution in [0.15, 0.2) is 16.6 Å². The molecule has 3 unspecified atom stereocenters. The number of hydrogen-bond donors (Lipinski definition) is 1. The fourth-order valence-corrected chi connectivity index (χ4v) is 3.52. The maximum absolute atomic E-state index is 14.0. The van der Waals surface area contributed by atoms with Gasteiger partial charge in [0.1, 0.15) is 5.82 Å². The summed E-state index contributed by atoms with van der Waals surface area (Å²) < 4.78 is 14.5. The lowest BCUT2D eigenvalue weighted by Crippen LogP contribution is -2.12. The molecule has 2 aliphatic carbocycles. The third-order valence-electron chi connectivity index (χ3n) is 4.11. The molecule has 1 aromatic rings. The molecule has 92 valence electrons. The number of benzene rings is 1. The molecule has 4 heteroatoms. The summed E-state index contributed by atoms with van der Waals surface area (Å²) in [6.45, 7) is 0. The van der Waals surface area contributed by atoms with Crippen LogP contribution in [0, 0.1) is 23.6 Å². The van der Waals surface area contributed by atoms with Crippen LogP contribution in [0.25, 0.3) is 0 Å². The molecule has 3 atom stereocenters. The highest BCUT2D eigenvalue weighted by molar-refractivity contribution is 9.10. The Morgan fingerprint density at radius 2 is 1.94 bits per heavy atom. The first-order valence-corrected chi connectivity index (χ1v) is 7.06. The van der Waals surface area contributed by atoms with Gasteiger partial charge in [0.2, 0.25) is 0 Å². The van der Waals surface area contributed by atoms with Crippen LogP contribution in [0.4, 0.5) is 4.39 Å². The van der Waals surface area contributed by atoms with Gasteiger partial charge in [0, 0.05) is 10.0 Å². The van der Waals surface area contributed by atoms with E-state index in [1.165, 1.54) is 6.42 Å². The Kier molecular flexibility index (Phi) is 2.96. The van der Waals surface area contributed by atoms with E-state index in [1.54, 1.807) is 12.1 Å². The Bertz CT molecular complexity index is 455. The Labute approximate surface area is 113 Å². The van der Waals surface area contributed by atoms with Crippen LogP contribution in [0.5, 0.6) is 0 Å². The van der Waals surface area contributed by atoms with E-state index in [9.17, 15) is 9.50 Å². The van der Waals surface area contributed by atoms with E-state index < -0.39 is 11.9 Å². The highest BCUT2D eigenvalue weighted by Gasteiger charge is 2.48. The molecule has 2 aliphatic rings. The molecule has 3 rings (SSSR count). The molecule has 0 bridgehead atoms. The second-order valence-electron chi connectivity index (χ2n) is 5.20. The third-order valence-corrected chi connectivity index (χ3v) is 5.37. The van der Waals surface area contributed by atoms with Gasteiger partial charge in [0.05, 0.1) is 11.1 Å². The fourth-order valence-electron chi connectivity index (χ4n) is 3.04. The second kappa shape index (κ2) is 4.22. The molecule has 1 N–H and O–H groups in total. The summed E-state index contributed by atoms with van der Waals surface area (Å²) in [6, 6.07) is 3.32. The van der Waals surface area contributed by atoms with Crippen LogP contribution >= 0.6 is 27.5 Å². The van der Waals surface area contributed by atoms with Crippen molar-refractivity contribution in [3.63, 3.8) is 0 Å². The first-order chi connectivity index (χ1) is 8.08. The summed E-state index contributed by atoms with van der Waals surface area (Å²) in [7, 11) is 0. The quantitative estimate of drug-likeness (QED) is 0.805. The van der Waals surface area contributed by atoms with Gasteiger partial charge >= 0.3 is 0 Å². The standard InChI is InChI=1S/C13H13BrClFO/c14-10-2-1-9(12(16)11(10)15)13(17)8-4-6-3-7(6)5-8/h1-2,6-8,13,17H,3-5H2. The molecule has 0 spiro atoms. The molecular weight excluding hydrogens is 306 g/mol. The first kappa shape index (κ1) is 11.9. The predicted molar refractivity (Wildman–Crippen MR) is 68.4 cm³/mol. The van der Waals surface area contributed by atoms with Crippen molar-refractivity contribution in [1.82, 2.24) is 0 Å². The van der Waals surface area contributed by atoms with Gasteiger partial charge in [-0.25, -0.2) is 4.39 Å². The minimum Gasteiger partial charge on any atom is -0.388 e. The fraction of sp³-hybridized carbons (Fsp3) is 0.538. The Morgan fingerprint density at radius 3 is 2.59 bits per heavy atom. The van der Waals surface area contributed by atoms with Gasteiger partial charge in [-0.15, -0.1) is 0 Å². The van der Waals surface area contributed by atoms with Gasteiger partial charge in [-0.05, 0) is 59.0 Å². The number of rotatable bonds is 2. The largest absolute Gasteiger partial charge is 0.388 e. The molecule has 2 fully saturated rings. The summed E-state index contributed by atoms with van der Waals surface area (Å²) in [6.07, 6.45) is 2.64. The molecule has 0 saturated heterocycles. The van der Waals surface area contributed by atoms with Crippen LogP contribution in [0.2, 0.25) is 5.02 Å². The molecule has 0 radical (unpaired) electrons. The maximum atomic E-state index is 14.0. The zero-order valence-electron chi connectivity index (χ0n) is 9.17. The lowest BCUT2D eigenvalue weighted by atomic mass is 9.91.